The van der Waals surface area contributed by atoms with Gasteiger partial charge in [-0.1, -0.05) is 24.3 Å². The molecule has 2 atom stereocenters. The van der Waals surface area contributed by atoms with Crippen molar-refractivity contribution in [3.63, 3.8) is 0 Å². The summed E-state index contributed by atoms with van der Waals surface area (Å²) in [5, 5.41) is 19.0. The molecule has 2 nitrogen and oxygen atoms in total. The monoisotopic (exact) mass is 164 g/mol. The SMILES string of the molecule is O[C@@H]1CCc2ccccc2[C@H]1O. The molecule has 12 heavy (non-hydrogen) atoms. The number of hydrogen-bond acceptors (Lipinski definition) is 2. The lowest BCUT2D eigenvalue weighted by Crippen LogP contribution is -2.24. The first-order valence-corrected chi connectivity index (χ1v) is 4.23. The molecule has 0 fully saturated rings. The summed E-state index contributed by atoms with van der Waals surface area (Å²) < 4.78 is 0. The first-order chi connectivity index (χ1) is 5.79. The van der Waals surface area contributed by atoms with Crippen LogP contribution in [-0.4, -0.2) is 16.3 Å². The molecule has 0 aliphatic heterocycles. The molecule has 0 radical (unpaired) electrons. The average molecular weight is 164 g/mol. The van der Waals surface area contributed by atoms with E-state index in [0.717, 1.165) is 17.5 Å². The zero-order chi connectivity index (χ0) is 8.55. The van der Waals surface area contributed by atoms with E-state index < -0.39 is 12.2 Å². The Labute approximate surface area is 71.5 Å². The highest BCUT2D eigenvalue weighted by molar-refractivity contribution is 5.31. The van der Waals surface area contributed by atoms with Gasteiger partial charge in [-0.05, 0) is 24.0 Å². The molecule has 0 spiro atoms. The van der Waals surface area contributed by atoms with Crippen molar-refractivity contribution in [2.24, 2.45) is 0 Å². The number of aliphatic hydroxyl groups is 2. The third-order valence-electron chi connectivity index (χ3n) is 2.45. The van der Waals surface area contributed by atoms with Crippen LogP contribution in [0.2, 0.25) is 0 Å². The molecule has 2 heteroatoms. The van der Waals surface area contributed by atoms with E-state index in [1.165, 1.54) is 0 Å². The highest BCUT2D eigenvalue weighted by Crippen LogP contribution is 2.29. The third-order valence-corrected chi connectivity index (χ3v) is 2.45. The van der Waals surface area contributed by atoms with E-state index in [1.54, 1.807) is 0 Å². The number of aliphatic hydroxyl groups excluding tert-OH is 2. The number of fused-ring (bicyclic) bond motifs is 1. The van der Waals surface area contributed by atoms with Gasteiger partial charge in [0.05, 0.1) is 6.10 Å². The van der Waals surface area contributed by atoms with Crippen molar-refractivity contribution in [3.8, 4) is 0 Å². The molecule has 1 aromatic rings. The molecule has 1 aliphatic rings. The van der Waals surface area contributed by atoms with Crippen LogP contribution in [0.1, 0.15) is 23.7 Å². The quantitative estimate of drug-likeness (QED) is 0.601. The fourth-order valence-corrected chi connectivity index (χ4v) is 1.72. The van der Waals surface area contributed by atoms with Crippen LogP contribution in [-0.2, 0) is 6.42 Å². The minimum absolute atomic E-state index is 0.583. The van der Waals surface area contributed by atoms with E-state index in [2.05, 4.69) is 0 Å². The first-order valence-electron chi connectivity index (χ1n) is 4.23. The molecule has 0 saturated heterocycles. The maximum atomic E-state index is 9.58. The Kier molecular flexibility index (Phi) is 1.87. The smallest absolute Gasteiger partial charge is 0.105 e. The van der Waals surface area contributed by atoms with Crippen LogP contribution in [0, 0.1) is 0 Å². The third kappa shape index (κ3) is 1.13. The summed E-state index contributed by atoms with van der Waals surface area (Å²) in [6.07, 6.45) is 0.266. The molecule has 0 aromatic heterocycles. The number of benzene rings is 1. The van der Waals surface area contributed by atoms with Gasteiger partial charge < -0.3 is 10.2 Å². The van der Waals surface area contributed by atoms with Gasteiger partial charge in [-0.3, -0.25) is 0 Å². The molecular weight excluding hydrogens is 152 g/mol. The van der Waals surface area contributed by atoms with Gasteiger partial charge in [0.1, 0.15) is 6.10 Å². The summed E-state index contributed by atoms with van der Waals surface area (Å²) >= 11 is 0. The minimum Gasteiger partial charge on any atom is -0.390 e. The molecule has 64 valence electrons. The van der Waals surface area contributed by atoms with E-state index in [9.17, 15) is 10.2 Å². The van der Waals surface area contributed by atoms with Crippen molar-refractivity contribution in [1.29, 1.82) is 0 Å². The summed E-state index contributed by atoms with van der Waals surface area (Å²) in [5.74, 6) is 0. The topological polar surface area (TPSA) is 40.5 Å². The van der Waals surface area contributed by atoms with Gasteiger partial charge in [-0.25, -0.2) is 0 Å². The Morgan fingerprint density at radius 1 is 1.17 bits per heavy atom. The second-order valence-electron chi connectivity index (χ2n) is 3.25. The van der Waals surface area contributed by atoms with Gasteiger partial charge >= 0.3 is 0 Å². The lowest BCUT2D eigenvalue weighted by molar-refractivity contribution is 0.00650. The molecule has 0 heterocycles. The van der Waals surface area contributed by atoms with Crippen LogP contribution < -0.4 is 0 Å². The van der Waals surface area contributed by atoms with Crippen molar-refractivity contribution >= 4 is 0 Å². The maximum absolute atomic E-state index is 9.58. The molecule has 0 unspecified atom stereocenters. The molecule has 1 aromatic carbocycles. The number of rotatable bonds is 0. The van der Waals surface area contributed by atoms with Crippen molar-refractivity contribution < 1.29 is 10.2 Å². The highest BCUT2D eigenvalue weighted by Gasteiger charge is 2.25. The van der Waals surface area contributed by atoms with E-state index >= 15 is 0 Å². The zero-order valence-corrected chi connectivity index (χ0v) is 6.77. The molecule has 2 N–H and O–H groups in total. The van der Waals surface area contributed by atoms with Gasteiger partial charge in [-0.15, -0.1) is 0 Å². The van der Waals surface area contributed by atoms with E-state index in [-0.39, 0.29) is 0 Å². The molecule has 0 bridgehead atoms. The highest BCUT2D eigenvalue weighted by atomic mass is 16.3. The van der Waals surface area contributed by atoms with Crippen molar-refractivity contribution in [2.45, 2.75) is 25.0 Å². The molecule has 2 rings (SSSR count). The van der Waals surface area contributed by atoms with Gasteiger partial charge in [0.15, 0.2) is 0 Å². The van der Waals surface area contributed by atoms with Gasteiger partial charge in [0, 0.05) is 0 Å². The number of aryl methyl sites for hydroxylation is 1. The van der Waals surface area contributed by atoms with E-state index in [0.29, 0.717) is 6.42 Å². The van der Waals surface area contributed by atoms with E-state index in [4.69, 9.17) is 0 Å². The minimum atomic E-state index is -0.685. The Morgan fingerprint density at radius 3 is 2.75 bits per heavy atom. The molecule has 0 amide bonds. The van der Waals surface area contributed by atoms with Crippen LogP contribution in [0.15, 0.2) is 24.3 Å². The molecular formula is C10H12O2. The first kappa shape index (κ1) is 7.77. The average Bonchev–Trinajstić information content (AvgIpc) is 2.12. The summed E-state index contributed by atoms with van der Waals surface area (Å²) in [4.78, 5) is 0. The summed E-state index contributed by atoms with van der Waals surface area (Å²) in [6.45, 7) is 0. The Balaban J connectivity index is 2.42. The normalized spacial score (nSPS) is 28.2. The zero-order valence-electron chi connectivity index (χ0n) is 6.77. The Bertz CT molecular complexity index is 283. The van der Waals surface area contributed by atoms with Gasteiger partial charge in [0.25, 0.3) is 0 Å². The van der Waals surface area contributed by atoms with Crippen molar-refractivity contribution in [1.82, 2.24) is 0 Å². The van der Waals surface area contributed by atoms with Crippen LogP contribution in [0.4, 0.5) is 0 Å². The molecule has 0 saturated carbocycles. The van der Waals surface area contributed by atoms with Crippen LogP contribution in [0.3, 0.4) is 0 Å². The maximum Gasteiger partial charge on any atom is 0.105 e. The predicted octanol–water partition coefficient (Wildman–Crippen LogP) is 1.03. The van der Waals surface area contributed by atoms with Crippen LogP contribution in [0.5, 0.6) is 0 Å². The lowest BCUT2D eigenvalue weighted by atomic mass is 9.88. The Hall–Kier alpha value is -0.860. The summed E-state index contributed by atoms with van der Waals surface area (Å²) in [7, 11) is 0. The predicted molar refractivity (Wildman–Crippen MR) is 45.7 cm³/mol. The fourth-order valence-electron chi connectivity index (χ4n) is 1.72. The van der Waals surface area contributed by atoms with Crippen LogP contribution >= 0.6 is 0 Å². The Morgan fingerprint density at radius 2 is 1.92 bits per heavy atom. The summed E-state index contributed by atoms with van der Waals surface area (Å²) in [6, 6.07) is 7.73. The fraction of sp³-hybridized carbons (Fsp3) is 0.400. The standard InChI is InChI=1S/C10H12O2/c11-9-6-5-7-3-1-2-4-8(7)10(9)12/h1-4,9-12H,5-6H2/t9-,10-/m1/s1. The molecule has 1 aliphatic carbocycles. The van der Waals surface area contributed by atoms with Crippen molar-refractivity contribution in [3.05, 3.63) is 35.4 Å². The summed E-state index contributed by atoms with van der Waals surface area (Å²) in [5.41, 5.74) is 2.05. The van der Waals surface area contributed by atoms with E-state index in [1.807, 2.05) is 24.3 Å². The second-order valence-corrected chi connectivity index (χ2v) is 3.25. The van der Waals surface area contributed by atoms with Crippen molar-refractivity contribution in [2.75, 3.05) is 0 Å². The lowest BCUT2D eigenvalue weighted by Gasteiger charge is -2.25. The second kappa shape index (κ2) is 2.88. The van der Waals surface area contributed by atoms with Gasteiger partial charge in [0.2, 0.25) is 0 Å². The van der Waals surface area contributed by atoms with Crippen LogP contribution in [0.25, 0.3) is 0 Å². The number of hydrogen-bond donors (Lipinski definition) is 2. The van der Waals surface area contributed by atoms with Gasteiger partial charge in [-0.2, -0.15) is 0 Å². The largest absolute Gasteiger partial charge is 0.390 e.